The van der Waals surface area contributed by atoms with E-state index in [9.17, 15) is 0 Å². The van der Waals surface area contributed by atoms with Crippen molar-refractivity contribution in [1.82, 2.24) is 0 Å². The summed E-state index contributed by atoms with van der Waals surface area (Å²) in [4.78, 5) is 2.49. The van der Waals surface area contributed by atoms with Crippen LogP contribution in [-0.2, 0) is 0 Å². The number of anilines is 1. The Morgan fingerprint density at radius 3 is 2.50 bits per heavy atom. The van der Waals surface area contributed by atoms with Crippen molar-refractivity contribution in [2.75, 3.05) is 24.5 Å². The van der Waals surface area contributed by atoms with Crippen molar-refractivity contribution in [1.29, 1.82) is 0 Å². The van der Waals surface area contributed by atoms with Crippen LogP contribution in [0.5, 0.6) is 0 Å². The predicted molar refractivity (Wildman–Crippen MR) is 69.8 cm³/mol. The summed E-state index contributed by atoms with van der Waals surface area (Å²) in [5.41, 5.74) is 8.28. The zero-order valence-electron chi connectivity index (χ0n) is 10.2. The van der Waals surface area contributed by atoms with E-state index in [4.69, 9.17) is 5.73 Å². The van der Waals surface area contributed by atoms with Gasteiger partial charge in [-0.2, -0.15) is 0 Å². The first-order valence-corrected chi connectivity index (χ1v) is 6.31. The molecule has 2 N–H and O–H groups in total. The van der Waals surface area contributed by atoms with Crippen LogP contribution in [0.4, 0.5) is 5.69 Å². The second-order valence-corrected chi connectivity index (χ2v) is 4.87. The molecule has 1 aromatic carbocycles. The normalized spacial score (nSPS) is 15.1. The molecule has 88 valence electrons. The second kappa shape index (κ2) is 5.35. The van der Waals surface area contributed by atoms with Gasteiger partial charge in [-0.05, 0) is 50.8 Å². The Balaban J connectivity index is 2.00. The average Bonchev–Trinajstić information content (AvgIpc) is 3.09. The molecule has 0 heterocycles. The maximum Gasteiger partial charge on any atom is 0.0366 e. The summed E-state index contributed by atoms with van der Waals surface area (Å²) >= 11 is 0. The average molecular weight is 218 g/mol. The van der Waals surface area contributed by atoms with Gasteiger partial charge in [0.05, 0.1) is 0 Å². The molecule has 0 atom stereocenters. The summed E-state index contributed by atoms with van der Waals surface area (Å²) in [7, 11) is 0. The SMILES string of the molecule is Cc1ccc(N(CCCN)CC2CC2)cc1. The molecule has 0 saturated heterocycles. The molecule has 1 saturated carbocycles. The molecule has 0 amide bonds. The number of nitrogens with two attached hydrogens (primary N) is 1. The van der Waals surface area contributed by atoms with Gasteiger partial charge in [0.15, 0.2) is 0 Å². The Morgan fingerprint density at radius 2 is 1.94 bits per heavy atom. The number of benzene rings is 1. The van der Waals surface area contributed by atoms with Crippen LogP contribution in [0.15, 0.2) is 24.3 Å². The maximum atomic E-state index is 5.60. The van der Waals surface area contributed by atoms with Gasteiger partial charge in [-0.1, -0.05) is 17.7 Å². The van der Waals surface area contributed by atoms with Crippen molar-refractivity contribution < 1.29 is 0 Å². The van der Waals surface area contributed by atoms with E-state index in [2.05, 4.69) is 36.1 Å². The van der Waals surface area contributed by atoms with Gasteiger partial charge in [-0.3, -0.25) is 0 Å². The minimum atomic E-state index is 0.785. The van der Waals surface area contributed by atoms with E-state index in [0.717, 1.165) is 25.4 Å². The largest absolute Gasteiger partial charge is 0.371 e. The lowest BCUT2D eigenvalue weighted by atomic mass is 10.2. The summed E-state index contributed by atoms with van der Waals surface area (Å²) in [6, 6.07) is 8.85. The van der Waals surface area contributed by atoms with Crippen molar-refractivity contribution in [3.63, 3.8) is 0 Å². The van der Waals surface area contributed by atoms with Crippen LogP contribution in [-0.4, -0.2) is 19.6 Å². The third-order valence-corrected chi connectivity index (χ3v) is 3.21. The van der Waals surface area contributed by atoms with E-state index in [-0.39, 0.29) is 0 Å². The maximum absolute atomic E-state index is 5.60. The fourth-order valence-electron chi connectivity index (χ4n) is 1.98. The summed E-state index contributed by atoms with van der Waals surface area (Å²) in [6.45, 7) is 5.22. The van der Waals surface area contributed by atoms with E-state index in [0.29, 0.717) is 0 Å². The van der Waals surface area contributed by atoms with E-state index < -0.39 is 0 Å². The number of rotatable bonds is 6. The molecule has 0 aromatic heterocycles. The number of hydrogen-bond donors (Lipinski definition) is 1. The Morgan fingerprint density at radius 1 is 1.25 bits per heavy atom. The van der Waals surface area contributed by atoms with Crippen LogP contribution in [0, 0.1) is 12.8 Å². The molecular formula is C14H22N2. The highest BCUT2D eigenvalue weighted by Crippen LogP contribution is 2.31. The first-order valence-electron chi connectivity index (χ1n) is 6.31. The molecule has 2 heteroatoms. The summed E-state index contributed by atoms with van der Waals surface area (Å²) in [6.07, 6.45) is 3.90. The first kappa shape index (κ1) is 11.5. The van der Waals surface area contributed by atoms with Gasteiger partial charge in [0.2, 0.25) is 0 Å². The van der Waals surface area contributed by atoms with Crippen molar-refractivity contribution in [2.45, 2.75) is 26.2 Å². The number of hydrogen-bond acceptors (Lipinski definition) is 2. The molecular weight excluding hydrogens is 196 g/mol. The smallest absolute Gasteiger partial charge is 0.0366 e. The molecule has 1 aliphatic carbocycles. The molecule has 2 rings (SSSR count). The Hall–Kier alpha value is -1.02. The van der Waals surface area contributed by atoms with Crippen LogP contribution in [0.25, 0.3) is 0 Å². The predicted octanol–water partition coefficient (Wildman–Crippen LogP) is 2.56. The minimum absolute atomic E-state index is 0.785. The highest BCUT2D eigenvalue weighted by Gasteiger charge is 2.24. The van der Waals surface area contributed by atoms with Gasteiger partial charge in [0, 0.05) is 18.8 Å². The molecule has 2 nitrogen and oxygen atoms in total. The first-order chi connectivity index (χ1) is 7.79. The van der Waals surface area contributed by atoms with Gasteiger partial charge in [0.1, 0.15) is 0 Å². The van der Waals surface area contributed by atoms with E-state index >= 15 is 0 Å². The van der Waals surface area contributed by atoms with Gasteiger partial charge in [0.25, 0.3) is 0 Å². The molecule has 0 unspecified atom stereocenters. The third-order valence-electron chi connectivity index (χ3n) is 3.21. The van der Waals surface area contributed by atoms with Gasteiger partial charge in [-0.25, -0.2) is 0 Å². The molecule has 0 radical (unpaired) electrons. The third kappa shape index (κ3) is 3.24. The second-order valence-electron chi connectivity index (χ2n) is 4.87. The van der Waals surface area contributed by atoms with Crippen LogP contribution < -0.4 is 10.6 Å². The van der Waals surface area contributed by atoms with Crippen LogP contribution in [0.1, 0.15) is 24.8 Å². The molecule has 0 aliphatic heterocycles. The standard InChI is InChI=1S/C14H22N2/c1-12-3-7-14(8-4-12)16(10-2-9-15)11-13-5-6-13/h3-4,7-8,13H,2,5-6,9-11,15H2,1H3. The van der Waals surface area contributed by atoms with Crippen molar-refractivity contribution in [3.05, 3.63) is 29.8 Å². The monoisotopic (exact) mass is 218 g/mol. The topological polar surface area (TPSA) is 29.3 Å². The van der Waals surface area contributed by atoms with Crippen LogP contribution in [0.3, 0.4) is 0 Å². The highest BCUT2D eigenvalue weighted by atomic mass is 15.1. The van der Waals surface area contributed by atoms with Gasteiger partial charge in [-0.15, -0.1) is 0 Å². The summed E-state index contributed by atoms with van der Waals surface area (Å²) < 4.78 is 0. The quantitative estimate of drug-likeness (QED) is 0.795. The molecule has 0 bridgehead atoms. The van der Waals surface area contributed by atoms with Crippen LogP contribution >= 0.6 is 0 Å². The van der Waals surface area contributed by atoms with Gasteiger partial charge < -0.3 is 10.6 Å². The summed E-state index contributed by atoms with van der Waals surface area (Å²) in [5, 5.41) is 0. The fourth-order valence-corrected chi connectivity index (χ4v) is 1.98. The molecule has 1 aliphatic rings. The lowest BCUT2D eigenvalue weighted by Crippen LogP contribution is -2.28. The molecule has 16 heavy (non-hydrogen) atoms. The van der Waals surface area contributed by atoms with E-state index in [1.54, 1.807) is 0 Å². The zero-order chi connectivity index (χ0) is 11.4. The van der Waals surface area contributed by atoms with E-state index in [1.807, 2.05) is 0 Å². The lowest BCUT2D eigenvalue weighted by Gasteiger charge is -2.24. The summed E-state index contributed by atoms with van der Waals surface area (Å²) in [5.74, 6) is 0.930. The van der Waals surface area contributed by atoms with Crippen molar-refractivity contribution >= 4 is 5.69 Å². The fraction of sp³-hybridized carbons (Fsp3) is 0.571. The lowest BCUT2D eigenvalue weighted by molar-refractivity contribution is 0.691. The minimum Gasteiger partial charge on any atom is -0.371 e. The van der Waals surface area contributed by atoms with E-state index in [1.165, 1.54) is 30.6 Å². The Kier molecular flexibility index (Phi) is 3.83. The molecule has 0 spiro atoms. The number of nitrogens with zero attached hydrogens (tertiary/aromatic N) is 1. The molecule has 1 fully saturated rings. The highest BCUT2D eigenvalue weighted by molar-refractivity contribution is 5.47. The Labute approximate surface area is 98.4 Å². The van der Waals surface area contributed by atoms with Crippen LogP contribution in [0.2, 0.25) is 0 Å². The number of aryl methyl sites for hydroxylation is 1. The van der Waals surface area contributed by atoms with Crippen molar-refractivity contribution in [3.8, 4) is 0 Å². The molecule has 1 aromatic rings. The zero-order valence-corrected chi connectivity index (χ0v) is 10.2. The van der Waals surface area contributed by atoms with Crippen molar-refractivity contribution in [2.24, 2.45) is 11.7 Å². The van der Waals surface area contributed by atoms with Gasteiger partial charge >= 0.3 is 0 Å². The Bertz CT molecular complexity index is 314.